The van der Waals surface area contributed by atoms with Gasteiger partial charge in [0.25, 0.3) is 5.91 Å². The third-order valence-electron chi connectivity index (χ3n) is 4.50. The quantitative estimate of drug-likeness (QED) is 0.287. The van der Waals surface area contributed by atoms with Crippen molar-refractivity contribution in [3.05, 3.63) is 75.2 Å². The van der Waals surface area contributed by atoms with Crippen LogP contribution in [-0.4, -0.2) is 21.1 Å². The van der Waals surface area contributed by atoms with Gasteiger partial charge in [0.05, 0.1) is 4.47 Å². The average molecular weight is 517 g/mol. The number of nitrogens with zero attached hydrogens (tertiary/aromatic N) is 1. The SMILES string of the molecule is Cc1ccc(C(=O)NC(=S)Nc2ccc3oc(-c4ccc(O)c(Br)c4)nc3c2)cc1Cl. The van der Waals surface area contributed by atoms with Gasteiger partial charge in [-0.05, 0) is 89.2 Å². The van der Waals surface area contributed by atoms with Gasteiger partial charge < -0.3 is 14.8 Å². The fourth-order valence-electron chi connectivity index (χ4n) is 2.84. The molecule has 0 aliphatic rings. The van der Waals surface area contributed by atoms with Crippen molar-refractivity contribution < 1.29 is 14.3 Å². The van der Waals surface area contributed by atoms with Crippen molar-refractivity contribution in [2.24, 2.45) is 0 Å². The number of carbonyl (C=O) groups excluding carboxylic acids is 1. The van der Waals surface area contributed by atoms with E-state index in [4.69, 9.17) is 28.2 Å². The molecule has 0 saturated heterocycles. The summed E-state index contributed by atoms with van der Waals surface area (Å²) >= 11 is 14.6. The Morgan fingerprint density at radius 3 is 2.71 bits per heavy atom. The second-order valence-corrected chi connectivity index (χ2v) is 8.41. The van der Waals surface area contributed by atoms with Gasteiger partial charge in [-0.1, -0.05) is 17.7 Å². The number of rotatable bonds is 3. The number of aromatic nitrogens is 1. The van der Waals surface area contributed by atoms with E-state index in [0.717, 1.165) is 11.1 Å². The third kappa shape index (κ3) is 4.71. The molecule has 0 spiro atoms. The minimum absolute atomic E-state index is 0.134. The number of aromatic hydroxyl groups is 1. The predicted molar refractivity (Wildman–Crippen MR) is 129 cm³/mol. The van der Waals surface area contributed by atoms with Crippen LogP contribution in [0, 0.1) is 6.92 Å². The van der Waals surface area contributed by atoms with E-state index in [1.54, 1.807) is 54.6 Å². The molecule has 0 fully saturated rings. The number of oxazole rings is 1. The second-order valence-electron chi connectivity index (χ2n) is 6.74. The van der Waals surface area contributed by atoms with Crippen LogP contribution in [0.2, 0.25) is 5.02 Å². The van der Waals surface area contributed by atoms with E-state index in [0.29, 0.717) is 37.7 Å². The number of hydrogen-bond acceptors (Lipinski definition) is 5. The van der Waals surface area contributed by atoms with Crippen LogP contribution in [0.3, 0.4) is 0 Å². The number of phenols is 1. The number of aryl methyl sites for hydroxylation is 1. The summed E-state index contributed by atoms with van der Waals surface area (Å²) in [5.41, 5.74) is 3.87. The molecule has 9 heteroatoms. The van der Waals surface area contributed by atoms with Gasteiger partial charge in [0.15, 0.2) is 10.7 Å². The number of halogens is 2. The Bertz CT molecular complexity index is 1340. The number of anilines is 1. The second kappa shape index (κ2) is 8.66. The number of amides is 1. The number of thiocarbonyl (C=S) groups is 1. The van der Waals surface area contributed by atoms with Crippen molar-refractivity contribution in [2.75, 3.05) is 5.32 Å². The highest BCUT2D eigenvalue weighted by Crippen LogP contribution is 2.31. The fraction of sp³-hybridized carbons (Fsp3) is 0.0455. The summed E-state index contributed by atoms with van der Waals surface area (Å²) < 4.78 is 6.34. The highest BCUT2D eigenvalue weighted by atomic mass is 79.9. The number of hydrogen-bond donors (Lipinski definition) is 3. The maximum Gasteiger partial charge on any atom is 0.257 e. The van der Waals surface area contributed by atoms with Gasteiger partial charge in [0.1, 0.15) is 11.3 Å². The molecule has 3 N–H and O–H groups in total. The zero-order valence-electron chi connectivity index (χ0n) is 16.1. The van der Waals surface area contributed by atoms with Crippen LogP contribution in [0.1, 0.15) is 15.9 Å². The molecule has 156 valence electrons. The summed E-state index contributed by atoms with van der Waals surface area (Å²) in [5, 5.41) is 15.9. The molecule has 31 heavy (non-hydrogen) atoms. The van der Waals surface area contributed by atoms with E-state index in [9.17, 15) is 9.90 Å². The van der Waals surface area contributed by atoms with Gasteiger partial charge >= 0.3 is 0 Å². The summed E-state index contributed by atoms with van der Waals surface area (Å²) in [5.74, 6) is 0.192. The molecule has 0 aliphatic carbocycles. The number of fused-ring (bicyclic) bond motifs is 1. The molecule has 0 bridgehead atoms. The third-order valence-corrected chi connectivity index (χ3v) is 5.75. The molecule has 4 rings (SSSR count). The maximum atomic E-state index is 12.4. The predicted octanol–water partition coefficient (Wildman–Crippen LogP) is 6.05. The van der Waals surface area contributed by atoms with Crippen molar-refractivity contribution >= 4 is 67.6 Å². The summed E-state index contributed by atoms with van der Waals surface area (Å²) in [6, 6.07) is 15.3. The van der Waals surface area contributed by atoms with Crippen LogP contribution in [0.4, 0.5) is 5.69 Å². The first-order valence-corrected chi connectivity index (χ1v) is 10.7. The zero-order chi connectivity index (χ0) is 22.1. The molecule has 0 radical (unpaired) electrons. The van der Waals surface area contributed by atoms with Gasteiger partial charge in [0.2, 0.25) is 5.89 Å². The van der Waals surface area contributed by atoms with E-state index in [2.05, 4.69) is 31.5 Å². The van der Waals surface area contributed by atoms with Gasteiger partial charge in [-0.15, -0.1) is 0 Å². The number of benzene rings is 3. The molecular weight excluding hydrogens is 502 g/mol. The van der Waals surface area contributed by atoms with Crippen LogP contribution < -0.4 is 10.6 Å². The molecule has 6 nitrogen and oxygen atoms in total. The molecule has 1 heterocycles. The smallest absolute Gasteiger partial charge is 0.257 e. The van der Waals surface area contributed by atoms with Crippen LogP contribution in [-0.2, 0) is 0 Å². The molecule has 0 saturated carbocycles. The van der Waals surface area contributed by atoms with Crippen LogP contribution >= 0.6 is 39.7 Å². The first kappa shape index (κ1) is 21.3. The minimum Gasteiger partial charge on any atom is -0.507 e. The largest absolute Gasteiger partial charge is 0.507 e. The minimum atomic E-state index is -0.359. The normalized spacial score (nSPS) is 10.8. The van der Waals surface area contributed by atoms with Gasteiger partial charge in [-0.2, -0.15) is 0 Å². The topological polar surface area (TPSA) is 87.4 Å². The lowest BCUT2D eigenvalue weighted by Gasteiger charge is -2.10. The van der Waals surface area contributed by atoms with Crippen molar-refractivity contribution in [3.8, 4) is 17.2 Å². The van der Waals surface area contributed by atoms with Gasteiger partial charge in [-0.3, -0.25) is 10.1 Å². The monoisotopic (exact) mass is 515 g/mol. The number of nitrogens with one attached hydrogen (secondary N) is 2. The maximum absolute atomic E-state index is 12.4. The summed E-state index contributed by atoms with van der Waals surface area (Å²) in [6.07, 6.45) is 0. The average Bonchev–Trinajstić information content (AvgIpc) is 3.15. The highest BCUT2D eigenvalue weighted by Gasteiger charge is 2.13. The van der Waals surface area contributed by atoms with Gasteiger partial charge in [0, 0.05) is 21.8 Å². The molecule has 1 aromatic heterocycles. The summed E-state index contributed by atoms with van der Waals surface area (Å²) in [7, 11) is 0. The lowest BCUT2D eigenvalue weighted by atomic mass is 10.1. The standard InChI is InChI=1S/C22H15BrClN3O3S/c1-11-2-3-12(9-16(11)24)20(29)27-22(31)25-14-5-7-19-17(10-14)26-21(30-19)13-4-6-18(28)15(23)8-13/h2-10,28H,1H3,(H2,25,27,29,31). The van der Waals surface area contributed by atoms with Gasteiger partial charge in [-0.25, -0.2) is 4.98 Å². The van der Waals surface area contributed by atoms with Crippen LogP contribution in [0.5, 0.6) is 5.75 Å². The molecular formula is C22H15BrClN3O3S. The van der Waals surface area contributed by atoms with Crippen LogP contribution in [0.25, 0.3) is 22.6 Å². The molecule has 3 aromatic carbocycles. The van der Waals surface area contributed by atoms with Crippen LogP contribution in [0.15, 0.2) is 63.5 Å². The van der Waals surface area contributed by atoms with Crippen molar-refractivity contribution in [1.82, 2.24) is 10.3 Å². The van der Waals surface area contributed by atoms with Crippen molar-refractivity contribution in [3.63, 3.8) is 0 Å². The Balaban J connectivity index is 1.49. The first-order chi connectivity index (χ1) is 14.8. The fourth-order valence-corrected chi connectivity index (χ4v) is 3.61. The molecule has 4 aromatic rings. The Labute approximate surface area is 196 Å². The summed E-state index contributed by atoms with van der Waals surface area (Å²) in [4.78, 5) is 16.9. The lowest BCUT2D eigenvalue weighted by molar-refractivity contribution is 0.0977. The van der Waals surface area contributed by atoms with Crippen molar-refractivity contribution in [2.45, 2.75) is 6.92 Å². The Hall–Kier alpha value is -2.94. The lowest BCUT2D eigenvalue weighted by Crippen LogP contribution is -2.34. The highest BCUT2D eigenvalue weighted by molar-refractivity contribution is 9.10. The molecule has 0 unspecified atom stereocenters. The van der Waals surface area contributed by atoms with Crippen molar-refractivity contribution in [1.29, 1.82) is 0 Å². The Morgan fingerprint density at radius 2 is 1.97 bits per heavy atom. The van der Waals surface area contributed by atoms with E-state index in [-0.39, 0.29) is 16.8 Å². The van der Waals surface area contributed by atoms with E-state index in [1.165, 1.54) is 0 Å². The number of phenolic OH excluding ortho intramolecular Hbond substituents is 1. The molecule has 1 amide bonds. The Morgan fingerprint density at radius 1 is 1.16 bits per heavy atom. The Kier molecular flexibility index (Phi) is 5.95. The molecule has 0 atom stereocenters. The first-order valence-electron chi connectivity index (χ1n) is 9.08. The number of carbonyl (C=O) groups is 1. The summed E-state index contributed by atoms with van der Waals surface area (Å²) in [6.45, 7) is 1.86. The zero-order valence-corrected chi connectivity index (χ0v) is 19.2. The van der Waals surface area contributed by atoms with E-state index >= 15 is 0 Å². The van der Waals surface area contributed by atoms with E-state index in [1.807, 2.05) is 6.92 Å². The molecule has 0 aliphatic heterocycles. The van der Waals surface area contributed by atoms with E-state index < -0.39 is 0 Å².